The Kier molecular flexibility index (Phi) is 7.45. The highest BCUT2D eigenvalue weighted by atomic mass is 32.1. The molecule has 0 saturated carbocycles. The van der Waals surface area contributed by atoms with Gasteiger partial charge in [0.25, 0.3) is 5.78 Å². The summed E-state index contributed by atoms with van der Waals surface area (Å²) in [5, 5.41) is 20.3. The van der Waals surface area contributed by atoms with Gasteiger partial charge in [0.15, 0.2) is 0 Å². The minimum absolute atomic E-state index is 0.00772. The number of unbranched alkanes of at least 4 members (excludes halogenated alkanes) is 1. The number of hydrogen-bond donors (Lipinski definition) is 1. The summed E-state index contributed by atoms with van der Waals surface area (Å²) in [6.07, 6.45) is 1.97. The standard InChI is InChI=1S/C26H27N3O5S/c1-4-6-15-34-20-13-9-18(10-14-20)23(30)21-22(17-7-11-19(12-8-17)33-5-2)29(25(32)24(21)31)26-28-27-16(3)35-26/h7-14,22,30H,4-6,15H2,1-3H3/b23-21-. The van der Waals surface area contributed by atoms with Crippen LogP contribution in [0.25, 0.3) is 5.76 Å². The lowest BCUT2D eigenvalue weighted by molar-refractivity contribution is -0.132. The van der Waals surface area contributed by atoms with Crippen molar-refractivity contribution < 1.29 is 24.2 Å². The summed E-state index contributed by atoms with van der Waals surface area (Å²) < 4.78 is 11.2. The number of ether oxygens (including phenoxy) is 2. The Morgan fingerprint density at radius 3 is 2.26 bits per heavy atom. The Morgan fingerprint density at radius 2 is 1.66 bits per heavy atom. The molecule has 1 fully saturated rings. The van der Waals surface area contributed by atoms with Crippen molar-refractivity contribution in [2.45, 2.75) is 39.7 Å². The second kappa shape index (κ2) is 10.7. The molecule has 2 heterocycles. The average molecular weight is 494 g/mol. The monoisotopic (exact) mass is 493 g/mol. The lowest BCUT2D eigenvalue weighted by atomic mass is 9.95. The molecule has 2 aromatic carbocycles. The average Bonchev–Trinajstić information content (AvgIpc) is 3.40. The van der Waals surface area contributed by atoms with Gasteiger partial charge in [-0.2, -0.15) is 0 Å². The van der Waals surface area contributed by atoms with Crippen LogP contribution in [0.2, 0.25) is 0 Å². The molecule has 1 unspecified atom stereocenters. The highest BCUT2D eigenvalue weighted by Gasteiger charge is 2.48. The van der Waals surface area contributed by atoms with Crippen molar-refractivity contribution in [2.75, 3.05) is 18.1 Å². The number of anilines is 1. The number of aliphatic hydroxyl groups excluding tert-OH is 1. The van der Waals surface area contributed by atoms with Crippen molar-refractivity contribution in [3.8, 4) is 11.5 Å². The van der Waals surface area contributed by atoms with E-state index in [4.69, 9.17) is 9.47 Å². The van der Waals surface area contributed by atoms with Gasteiger partial charge >= 0.3 is 5.91 Å². The molecule has 8 nitrogen and oxygen atoms in total. The van der Waals surface area contributed by atoms with Crippen LogP contribution in [0.3, 0.4) is 0 Å². The molecule has 0 bridgehead atoms. The van der Waals surface area contributed by atoms with Crippen molar-refractivity contribution in [1.29, 1.82) is 0 Å². The lowest BCUT2D eigenvalue weighted by Crippen LogP contribution is -2.29. The van der Waals surface area contributed by atoms with Gasteiger partial charge in [-0.25, -0.2) is 0 Å². The van der Waals surface area contributed by atoms with Crippen LogP contribution >= 0.6 is 11.3 Å². The number of rotatable bonds is 9. The maximum atomic E-state index is 13.2. The van der Waals surface area contributed by atoms with E-state index < -0.39 is 17.7 Å². The molecule has 0 spiro atoms. The zero-order chi connectivity index (χ0) is 24.9. The molecule has 1 aromatic heterocycles. The van der Waals surface area contributed by atoms with Crippen LogP contribution in [-0.2, 0) is 9.59 Å². The van der Waals surface area contributed by atoms with Gasteiger partial charge in [0.2, 0.25) is 5.13 Å². The Hall–Kier alpha value is -3.72. The van der Waals surface area contributed by atoms with E-state index in [1.165, 1.54) is 16.2 Å². The SMILES string of the molecule is CCCCOc1ccc(/C(O)=C2/C(=O)C(=O)N(c3nnc(C)s3)C2c2ccc(OCC)cc2)cc1. The lowest BCUT2D eigenvalue weighted by Gasteiger charge is -2.22. The van der Waals surface area contributed by atoms with Gasteiger partial charge in [-0.05, 0) is 62.2 Å². The highest BCUT2D eigenvalue weighted by Crippen LogP contribution is 2.43. The van der Waals surface area contributed by atoms with E-state index in [0.29, 0.717) is 46.0 Å². The molecule has 4 rings (SSSR count). The first kappa shape index (κ1) is 24.4. The van der Waals surface area contributed by atoms with Crippen molar-refractivity contribution in [2.24, 2.45) is 0 Å². The van der Waals surface area contributed by atoms with E-state index in [1.54, 1.807) is 55.5 Å². The predicted molar refractivity (Wildman–Crippen MR) is 134 cm³/mol. The van der Waals surface area contributed by atoms with Crippen molar-refractivity contribution in [3.63, 3.8) is 0 Å². The van der Waals surface area contributed by atoms with E-state index in [0.717, 1.165) is 12.8 Å². The molecule has 0 aliphatic carbocycles. The predicted octanol–water partition coefficient (Wildman–Crippen LogP) is 5.05. The van der Waals surface area contributed by atoms with E-state index >= 15 is 0 Å². The minimum Gasteiger partial charge on any atom is -0.507 e. The number of hydrogen-bond acceptors (Lipinski definition) is 8. The van der Waals surface area contributed by atoms with Crippen LogP contribution in [0.5, 0.6) is 11.5 Å². The van der Waals surface area contributed by atoms with E-state index in [9.17, 15) is 14.7 Å². The molecule has 3 aromatic rings. The number of amides is 1. The van der Waals surface area contributed by atoms with Crippen LogP contribution < -0.4 is 14.4 Å². The zero-order valence-corrected chi connectivity index (χ0v) is 20.7. The topological polar surface area (TPSA) is 102 Å². The summed E-state index contributed by atoms with van der Waals surface area (Å²) in [6.45, 7) is 6.87. The number of aryl methyl sites for hydroxylation is 1. The normalized spacial score (nSPS) is 17.1. The highest BCUT2D eigenvalue weighted by molar-refractivity contribution is 7.15. The van der Waals surface area contributed by atoms with Crippen LogP contribution in [0.1, 0.15) is 48.9 Å². The number of carbonyl (C=O) groups excluding carboxylic acids is 2. The van der Waals surface area contributed by atoms with E-state index in [1.807, 2.05) is 6.92 Å². The fraction of sp³-hybridized carbons (Fsp3) is 0.308. The quantitative estimate of drug-likeness (QED) is 0.193. The number of aromatic nitrogens is 2. The molecule has 1 atom stereocenters. The summed E-state index contributed by atoms with van der Waals surface area (Å²) in [5.41, 5.74) is 1.04. The molecular weight excluding hydrogens is 466 g/mol. The van der Waals surface area contributed by atoms with Gasteiger partial charge in [0.05, 0.1) is 24.8 Å². The molecule has 1 saturated heterocycles. The van der Waals surface area contributed by atoms with Gasteiger partial charge in [-0.15, -0.1) is 10.2 Å². The number of nitrogens with zero attached hydrogens (tertiary/aromatic N) is 3. The molecule has 1 amide bonds. The fourth-order valence-electron chi connectivity index (χ4n) is 3.84. The first-order valence-corrected chi connectivity index (χ1v) is 12.3. The second-order valence-corrected chi connectivity index (χ2v) is 9.16. The molecular formula is C26H27N3O5S. The summed E-state index contributed by atoms with van der Waals surface area (Å²) in [6, 6.07) is 13.1. The maximum absolute atomic E-state index is 13.2. The van der Waals surface area contributed by atoms with Crippen molar-refractivity contribution >= 4 is 33.9 Å². The Balaban J connectivity index is 1.77. The number of aliphatic hydroxyl groups is 1. The molecule has 9 heteroatoms. The van der Waals surface area contributed by atoms with Crippen LogP contribution in [0.4, 0.5) is 5.13 Å². The van der Waals surface area contributed by atoms with Crippen LogP contribution in [0.15, 0.2) is 54.1 Å². The Bertz CT molecular complexity index is 1230. The van der Waals surface area contributed by atoms with E-state index in [-0.39, 0.29) is 11.3 Å². The van der Waals surface area contributed by atoms with Crippen molar-refractivity contribution in [3.05, 3.63) is 70.2 Å². The number of Topliss-reactive ketones (excluding diaryl/α,β-unsaturated/α-hetero) is 1. The fourth-order valence-corrected chi connectivity index (χ4v) is 4.55. The smallest absolute Gasteiger partial charge is 0.301 e. The molecule has 1 aliphatic heterocycles. The van der Waals surface area contributed by atoms with Gasteiger partial charge in [0.1, 0.15) is 22.3 Å². The summed E-state index contributed by atoms with van der Waals surface area (Å²) >= 11 is 1.21. The molecule has 1 aliphatic rings. The molecule has 0 radical (unpaired) electrons. The number of benzene rings is 2. The number of ketones is 1. The van der Waals surface area contributed by atoms with E-state index in [2.05, 4.69) is 17.1 Å². The summed E-state index contributed by atoms with van der Waals surface area (Å²) in [7, 11) is 0. The summed E-state index contributed by atoms with van der Waals surface area (Å²) in [4.78, 5) is 27.6. The largest absolute Gasteiger partial charge is 0.507 e. The van der Waals surface area contributed by atoms with Gasteiger partial charge in [0, 0.05) is 5.56 Å². The Labute approximate surface area is 207 Å². The molecule has 35 heavy (non-hydrogen) atoms. The minimum atomic E-state index is -0.862. The first-order valence-electron chi connectivity index (χ1n) is 11.5. The maximum Gasteiger partial charge on any atom is 0.301 e. The Morgan fingerprint density at radius 1 is 1.00 bits per heavy atom. The summed E-state index contributed by atoms with van der Waals surface area (Å²) in [5.74, 6) is -0.467. The third-order valence-corrected chi connectivity index (χ3v) is 6.41. The third kappa shape index (κ3) is 5.05. The molecule has 182 valence electrons. The second-order valence-electron chi connectivity index (χ2n) is 8.00. The zero-order valence-electron chi connectivity index (χ0n) is 19.9. The number of carbonyl (C=O) groups is 2. The molecule has 1 N–H and O–H groups in total. The van der Waals surface area contributed by atoms with Gasteiger partial charge in [-0.3, -0.25) is 14.5 Å². The van der Waals surface area contributed by atoms with Crippen LogP contribution in [0, 0.1) is 6.92 Å². The van der Waals surface area contributed by atoms with Crippen LogP contribution in [-0.4, -0.2) is 40.2 Å². The third-order valence-electron chi connectivity index (χ3n) is 5.57. The first-order chi connectivity index (χ1) is 16.9. The van der Waals surface area contributed by atoms with Gasteiger partial charge < -0.3 is 14.6 Å². The van der Waals surface area contributed by atoms with Crippen molar-refractivity contribution in [1.82, 2.24) is 10.2 Å². The van der Waals surface area contributed by atoms with Gasteiger partial charge in [-0.1, -0.05) is 36.8 Å².